The molecule has 0 saturated heterocycles. The van der Waals surface area contributed by atoms with Crippen molar-refractivity contribution in [2.45, 2.75) is 155 Å². The third-order valence-electron chi connectivity index (χ3n) is 8.24. The van der Waals surface area contributed by atoms with Gasteiger partial charge in [0.25, 0.3) is 0 Å². The third-order valence-corrected chi connectivity index (χ3v) is 8.24. The predicted octanol–water partition coefficient (Wildman–Crippen LogP) is 12.9. The molecule has 0 saturated carbocycles. The first-order valence-electron chi connectivity index (χ1n) is 17.4. The van der Waals surface area contributed by atoms with Crippen molar-refractivity contribution in [1.29, 1.82) is 0 Å². The second kappa shape index (κ2) is 24.8. The first-order chi connectivity index (χ1) is 19.8. The van der Waals surface area contributed by atoms with Crippen LogP contribution >= 0.6 is 0 Å². The lowest BCUT2D eigenvalue weighted by molar-refractivity contribution is 0.479. The number of para-hydroxylation sites is 3. The molecular formula is C38H63NO. The van der Waals surface area contributed by atoms with Gasteiger partial charge in [-0.2, -0.15) is 0 Å². The summed E-state index contributed by atoms with van der Waals surface area (Å²) in [5.41, 5.74) is 1.26. The highest BCUT2D eigenvalue weighted by Gasteiger charge is 2.13. The van der Waals surface area contributed by atoms with Gasteiger partial charge >= 0.3 is 0 Å². The minimum Gasteiger partial charge on any atom is -0.455 e. The Morgan fingerprint density at radius 3 is 1.25 bits per heavy atom. The largest absolute Gasteiger partial charge is 0.455 e. The Kier molecular flexibility index (Phi) is 21.2. The van der Waals surface area contributed by atoms with Crippen LogP contribution in [0.5, 0.6) is 11.5 Å². The lowest BCUT2D eigenvalue weighted by Gasteiger charge is -2.27. The van der Waals surface area contributed by atoms with Crippen LogP contribution < -0.4 is 9.64 Å². The molecule has 0 heterocycles. The van der Waals surface area contributed by atoms with Crippen LogP contribution in [0.3, 0.4) is 0 Å². The summed E-state index contributed by atoms with van der Waals surface area (Å²) in [5.74, 6) is 1.90. The van der Waals surface area contributed by atoms with Gasteiger partial charge in [-0.05, 0) is 37.1 Å². The number of anilines is 1. The summed E-state index contributed by atoms with van der Waals surface area (Å²) in [7, 11) is 0. The van der Waals surface area contributed by atoms with Gasteiger partial charge in [0.2, 0.25) is 0 Å². The van der Waals surface area contributed by atoms with E-state index < -0.39 is 0 Å². The minimum absolute atomic E-state index is 0.916. The first kappa shape index (κ1) is 34.2. The van der Waals surface area contributed by atoms with E-state index in [1.807, 2.05) is 18.2 Å². The number of nitrogens with zero attached hydrogens (tertiary/aromatic N) is 1. The van der Waals surface area contributed by atoms with Gasteiger partial charge in [0.15, 0.2) is 5.75 Å². The van der Waals surface area contributed by atoms with Crippen LogP contribution in [-0.4, -0.2) is 13.1 Å². The SMILES string of the molecule is CCCCCCCCCCCCCN(CCCCCCCCCCCCC)c1ccccc1Oc1ccccc1. The quantitative estimate of drug-likeness (QED) is 0.103. The Hall–Kier alpha value is -1.96. The molecule has 40 heavy (non-hydrogen) atoms. The molecule has 2 aromatic rings. The van der Waals surface area contributed by atoms with E-state index in [-0.39, 0.29) is 0 Å². The van der Waals surface area contributed by atoms with Gasteiger partial charge < -0.3 is 9.64 Å². The zero-order valence-corrected chi connectivity index (χ0v) is 26.5. The first-order valence-corrected chi connectivity index (χ1v) is 17.4. The van der Waals surface area contributed by atoms with Gasteiger partial charge in [0, 0.05) is 13.1 Å². The summed E-state index contributed by atoms with van der Waals surface area (Å²) < 4.78 is 6.36. The molecule has 0 spiro atoms. The van der Waals surface area contributed by atoms with Gasteiger partial charge in [-0.25, -0.2) is 0 Å². The van der Waals surface area contributed by atoms with E-state index in [2.05, 4.69) is 55.1 Å². The maximum atomic E-state index is 6.36. The van der Waals surface area contributed by atoms with Crippen LogP contribution in [0.2, 0.25) is 0 Å². The van der Waals surface area contributed by atoms with E-state index in [4.69, 9.17) is 4.74 Å². The standard InChI is InChI=1S/C38H63NO/c1-3-5-7-9-11-13-15-17-19-21-28-34-39(35-29-22-20-18-16-14-12-10-8-6-4-2)37-32-26-27-33-38(37)40-36-30-24-23-25-31-36/h23-27,30-33H,3-22,28-29,34-35H2,1-2H3. The van der Waals surface area contributed by atoms with E-state index >= 15 is 0 Å². The lowest BCUT2D eigenvalue weighted by atomic mass is 10.1. The molecule has 0 aliphatic rings. The number of rotatable bonds is 27. The smallest absolute Gasteiger partial charge is 0.150 e. The number of ether oxygens (including phenoxy) is 1. The van der Waals surface area contributed by atoms with E-state index in [0.29, 0.717) is 0 Å². The Bertz CT molecular complexity index is 778. The molecule has 0 aromatic heterocycles. The van der Waals surface area contributed by atoms with E-state index in [0.717, 1.165) is 24.6 Å². The summed E-state index contributed by atoms with van der Waals surface area (Å²) in [5, 5.41) is 0. The van der Waals surface area contributed by atoms with Crippen molar-refractivity contribution in [1.82, 2.24) is 0 Å². The van der Waals surface area contributed by atoms with Gasteiger partial charge in [-0.3, -0.25) is 0 Å². The Morgan fingerprint density at radius 1 is 0.425 bits per heavy atom. The van der Waals surface area contributed by atoms with Crippen LogP contribution in [0.4, 0.5) is 5.69 Å². The number of unbranched alkanes of at least 4 members (excludes halogenated alkanes) is 20. The molecule has 0 aliphatic heterocycles. The highest BCUT2D eigenvalue weighted by molar-refractivity contribution is 5.59. The van der Waals surface area contributed by atoms with Gasteiger partial charge in [-0.1, -0.05) is 173 Å². The van der Waals surface area contributed by atoms with Crippen LogP contribution in [-0.2, 0) is 0 Å². The average Bonchev–Trinajstić information content (AvgIpc) is 2.98. The molecular weight excluding hydrogens is 486 g/mol. The van der Waals surface area contributed by atoms with Crippen molar-refractivity contribution in [3.63, 3.8) is 0 Å². The summed E-state index contributed by atoms with van der Waals surface area (Å²) in [6.45, 7) is 6.86. The zero-order chi connectivity index (χ0) is 28.4. The lowest BCUT2D eigenvalue weighted by Crippen LogP contribution is -2.26. The molecule has 0 atom stereocenters. The summed E-state index contributed by atoms with van der Waals surface area (Å²) >= 11 is 0. The molecule has 0 amide bonds. The zero-order valence-electron chi connectivity index (χ0n) is 26.5. The van der Waals surface area contributed by atoms with Crippen molar-refractivity contribution in [2.75, 3.05) is 18.0 Å². The Balaban J connectivity index is 1.75. The van der Waals surface area contributed by atoms with Crippen LogP contribution in [0.25, 0.3) is 0 Å². The summed E-state index contributed by atoms with van der Waals surface area (Å²) in [4.78, 5) is 2.61. The summed E-state index contributed by atoms with van der Waals surface area (Å²) in [6, 6.07) is 18.9. The van der Waals surface area contributed by atoms with Crippen LogP contribution in [0, 0.1) is 0 Å². The van der Waals surface area contributed by atoms with Crippen molar-refractivity contribution in [3.8, 4) is 11.5 Å². The normalized spacial score (nSPS) is 11.2. The highest BCUT2D eigenvalue weighted by atomic mass is 16.5. The molecule has 0 fully saturated rings. The predicted molar refractivity (Wildman–Crippen MR) is 178 cm³/mol. The average molecular weight is 550 g/mol. The number of hydrogen-bond donors (Lipinski definition) is 0. The second-order valence-electron chi connectivity index (χ2n) is 11.9. The van der Waals surface area contributed by atoms with Gasteiger partial charge in [-0.15, -0.1) is 0 Å². The van der Waals surface area contributed by atoms with Crippen molar-refractivity contribution in [3.05, 3.63) is 54.6 Å². The topological polar surface area (TPSA) is 12.5 Å². The van der Waals surface area contributed by atoms with Gasteiger partial charge in [0.05, 0.1) is 5.69 Å². The number of benzene rings is 2. The van der Waals surface area contributed by atoms with Crippen molar-refractivity contribution >= 4 is 5.69 Å². The fourth-order valence-corrected chi connectivity index (χ4v) is 5.71. The summed E-state index contributed by atoms with van der Waals surface area (Å²) in [6.07, 6.45) is 30.6. The molecule has 0 bridgehead atoms. The fourth-order valence-electron chi connectivity index (χ4n) is 5.71. The molecule has 0 aliphatic carbocycles. The Morgan fingerprint density at radius 2 is 0.800 bits per heavy atom. The van der Waals surface area contributed by atoms with Crippen LogP contribution in [0.1, 0.15) is 155 Å². The van der Waals surface area contributed by atoms with Crippen molar-refractivity contribution in [2.24, 2.45) is 0 Å². The molecule has 2 aromatic carbocycles. The Labute approximate surface area is 249 Å². The molecule has 2 heteroatoms. The minimum atomic E-state index is 0.916. The van der Waals surface area contributed by atoms with Gasteiger partial charge in [0.1, 0.15) is 5.75 Å². The molecule has 2 rings (SSSR count). The van der Waals surface area contributed by atoms with E-state index in [9.17, 15) is 0 Å². The molecule has 0 unspecified atom stereocenters. The fraction of sp³-hybridized carbons (Fsp3) is 0.684. The van der Waals surface area contributed by atoms with E-state index in [1.54, 1.807) is 0 Å². The van der Waals surface area contributed by atoms with E-state index in [1.165, 1.54) is 147 Å². The molecule has 226 valence electrons. The number of hydrogen-bond acceptors (Lipinski definition) is 2. The van der Waals surface area contributed by atoms with Crippen molar-refractivity contribution < 1.29 is 4.74 Å². The molecule has 2 nitrogen and oxygen atoms in total. The second-order valence-corrected chi connectivity index (χ2v) is 11.9. The molecule has 0 radical (unpaired) electrons. The monoisotopic (exact) mass is 549 g/mol. The molecule has 0 N–H and O–H groups in total. The maximum Gasteiger partial charge on any atom is 0.150 e. The van der Waals surface area contributed by atoms with Crippen LogP contribution in [0.15, 0.2) is 54.6 Å². The highest BCUT2D eigenvalue weighted by Crippen LogP contribution is 2.33. The maximum absolute atomic E-state index is 6.36. The third kappa shape index (κ3) is 17.0.